The van der Waals surface area contributed by atoms with E-state index in [2.05, 4.69) is 12.1 Å². The number of rotatable bonds is 5. The van der Waals surface area contributed by atoms with Crippen LogP contribution in [0.3, 0.4) is 0 Å². The lowest BCUT2D eigenvalue weighted by Crippen LogP contribution is -2.53. The van der Waals surface area contributed by atoms with Crippen molar-refractivity contribution in [1.82, 2.24) is 9.21 Å². The summed E-state index contributed by atoms with van der Waals surface area (Å²) >= 11 is 0. The molecule has 2 aliphatic rings. The van der Waals surface area contributed by atoms with Gasteiger partial charge in [-0.15, -0.1) is 0 Å². The number of carbonyl (C=O) groups is 1. The van der Waals surface area contributed by atoms with Crippen molar-refractivity contribution in [2.45, 2.75) is 43.6 Å². The Morgan fingerprint density at radius 1 is 0.933 bits per heavy atom. The molecule has 1 fully saturated rings. The van der Waals surface area contributed by atoms with Gasteiger partial charge < -0.3 is 9.64 Å². The second kappa shape index (κ2) is 8.78. The number of carbonyl (C=O) groups excluding carboxylic acids is 1. The number of amides is 1. The zero-order valence-electron chi connectivity index (χ0n) is 17.3. The smallest absolute Gasteiger partial charge is 0.263 e. The minimum absolute atomic E-state index is 0.107. The van der Waals surface area contributed by atoms with Crippen LogP contribution in [0.5, 0.6) is 5.75 Å². The second-order valence-corrected chi connectivity index (χ2v) is 9.88. The highest BCUT2D eigenvalue weighted by molar-refractivity contribution is 7.89. The molecule has 2 aromatic carbocycles. The maximum Gasteiger partial charge on any atom is 0.263 e. The molecule has 7 heteroatoms. The third-order valence-electron chi connectivity index (χ3n) is 5.91. The van der Waals surface area contributed by atoms with Gasteiger partial charge in [0.2, 0.25) is 10.0 Å². The van der Waals surface area contributed by atoms with Crippen molar-refractivity contribution in [1.29, 1.82) is 0 Å². The summed E-state index contributed by atoms with van der Waals surface area (Å²) in [5.41, 5.74) is 2.70. The first-order valence-electron chi connectivity index (χ1n) is 10.6. The number of piperazine rings is 1. The van der Waals surface area contributed by atoms with E-state index in [0.29, 0.717) is 13.1 Å². The van der Waals surface area contributed by atoms with Gasteiger partial charge >= 0.3 is 0 Å². The summed E-state index contributed by atoms with van der Waals surface area (Å²) < 4.78 is 32.9. The van der Waals surface area contributed by atoms with Crippen molar-refractivity contribution in [3.05, 3.63) is 59.7 Å². The molecule has 1 heterocycles. The molecule has 1 saturated heterocycles. The summed E-state index contributed by atoms with van der Waals surface area (Å²) in [5.74, 6) is 0.617. The topological polar surface area (TPSA) is 66.9 Å². The Morgan fingerprint density at radius 3 is 2.30 bits per heavy atom. The van der Waals surface area contributed by atoms with Gasteiger partial charge in [-0.1, -0.05) is 24.3 Å². The summed E-state index contributed by atoms with van der Waals surface area (Å²) in [7, 11) is -3.52. The van der Waals surface area contributed by atoms with E-state index >= 15 is 0 Å². The minimum atomic E-state index is -3.52. The Hall–Kier alpha value is -2.38. The van der Waals surface area contributed by atoms with E-state index < -0.39 is 16.1 Å². The number of hydrogen-bond donors (Lipinski definition) is 0. The molecule has 0 saturated carbocycles. The standard InChI is InChI=1S/C23H28N2O4S/c1-18(29-21-12-11-19-7-5-6-8-20(19)17-21)23(26)24-13-15-25(16-14-24)30(27,28)22-9-3-2-4-10-22/h2-4,9-12,17-18H,5-8,13-16H2,1H3/t18-/m0/s1. The molecule has 0 unspecified atom stereocenters. The van der Waals surface area contributed by atoms with Gasteiger partial charge in [0.05, 0.1) is 4.90 Å². The molecule has 0 spiro atoms. The zero-order chi connectivity index (χ0) is 21.1. The number of fused-ring (bicyclic) bond motifs is 1. The highest BCUT2D eigenvalue weighted by Crippen LogP contribution is 2.26. The summed E-state index contributed by atoms with van der Waals surface area (Å²) in [6, 6.07) is 14.5. The summed E-state index contributed by atoms with van der Waals surface area (Å²) in [4.78, 5) is 14.8. The van der Waals surface area contributed by atoms with Gasteiger partial charge in [-0.3, -0.25) is 4.79 Å². The van der Waals surface area contributed by atoms with Crippen molar-refractivity contribution in [2.24, 2.45) is 0 Å². The number of ether oxygens (including phenoxy) is 1. The zero-order valence-corrected chi connectivity index (χ0v) is 18.1. The predicted octanol–water partition coefficient (Wildman–Crippen LogP) is 2.87. The van der Waals surface area contributed by atoms with E-state index in [0.717, 1.165) is 18.6 Å². The van der Waals surface area contributed by atoms with Crippen LogP contribution in [0.15, 0.2) is 53.4 Å². The highest BCUT2D eigenvalue weighted by atomic mass is 32.2. The lowest BCUT2D eigenvalue weighted by molar-refractivity contribution is -0.139. The molecule has 6 nitrogen and oxygen atoms in total. The summed E-state index contributed by atoms with van der Waals surface area (Å²) in [6.45, 7) is 3.06. The van der Waals surface area contributed by atoms with Gasteiger partial charge in [0, 0.05) is 26.2 Å². The van der Waals surface area contributed by atoms with Crippen LogP contribution in [-0.2, 0) is 27.7 Å². The second-order valence-electron chi connectivity index (χ2n) is 7.94. The van der Waals surface area contributed by atoms with Crippen molar-refractivity contribution >= 4 is 15.9 Å². The molecule has 2 aromatic rings. The van der Waals surface area contributed by atoms with Gasteiger partial charge in [-0.05, 0) is 68.0 Å². The van der Waals surface area contributed by atoms with E-state index in [1.54, 1.807) is 42.2 Å². The van der Waals surface area contributed by atoms with Gasteiger partial charge in [-0.25, -0.2) is 8.42 Å². The molecular formula is C23H28N2O4S. The van der Waals surface area contributed by atoms with Gasteiger partial charge in [0.25, 0.3) is 5.91 Å². The maximum absolute atomic E-state index is 12.9. The Bertz CT molecular complexity index is 999. The summed E-state index contributed by atoms with van der Waals surface area (Å²) in [6.07, 6.45) is 3.99. The largest absolute Gasteiger partial charge is 0.481 e. The van der Waals surface area contributed by atoms with Gasteiger partial charge in [0.1, 0.15) is 5.75 Å². The molecule has 30 heavy (non-hydrogen) atoms. The molecule has 0 aromatic heterocycles. The molecule has 0 radical (unpaired) electrons. The number of benzene rings is 2. The minimum Gasteiger partial charge on any atom is -0.481 e. The molecule has 4 rings (SSSR count). The van der Waals surface area contributed by atoms with Crippen LogP contribution in [0.4, 0.5) is 0 Å². The number of aryl methyl sites for hydroxylation is 2. The van der Waals surface area contributed by atoms with Crippen LogP contribution in [-0.4, -0.2) is 55.8 Å². The molecule has 1 aliphatic heterocycles. The fourth-order valence-electron chi connectivity index (χ4n) is 4.19. The first kappa shape index (κ1) is 20.9. The van der Waals surface area contributed by atoms with E-state index in [1.165, 1.54) is 28.3 Å². The van der Waals surface area contributed by atoms with E-state index in [1.807, 2.05) is 6.07 Å². The van der Waals surface area contributed by atoms with Crippen LogP contribution in [0.1, 0.15) is 30.9 Å². The maximum atomic E-state index is 12.9. The van der Waals surface area contributed by atoms with Crippen LogP contribution in [0.2, 0.25) is 0 Å². The van der Waals surface area contributed by atoms with E-state index in [-0.39, 0.29) is 23.9 Å². The normalized spacial score (nSPS) is 18.5. The first-order chi connectivity index (χ1) is 14.4. The fraction of sp³-hybridized carbons (Fsp3) is 0.435. The Morgan fingerprint density at radius 2 is 1.60 bits per heavy atom. The number of hydrogen-bond acceptors (Lipinski definition) is 4. The van der Waals surface area contributed by atoms with E-state index in [9.17, 15) is 13.2 Å². The molecule has 1 atom stereocenters. The highest BCUT2D eigenvalue weighted by Gasteiger charge is 2.32. The van der Waals surface area contributed by atoms with Crippen molar-refractivity contribution in [3.63, 3.8) is 0 Å². The van der Waals surface area contributed by atoms with Crippen molar-refractivity contribution < 1.29 is 17.9 Å². The molecule has 0 bridgehead atoms. The fourth-order valence-corrected chi connectivity index (χ4v) is 5.63. The third-order valence-corrected chi connectivity index (χ3v) is 7.82. The monoisotopic (exact) mass is 428 g/mol. The van der Waals surface area contributed by atoms with Crippen LogP contribution in [0.25, 0.3) is 0 Å². The van der Waals surface area contributed by atoms with Gasteiger partial charge in [-0.2, -0.15) is 4.31 Å². The number of sulfonamides is 1. The van der Waals surface area contributed by atoms with Crippen LogP contribution >= 0.6 is 0 Å². The Balaban J connectivity index is 1.35. The Kier molecular flexibility index (Phi) is 6.11. The quantitative estimate of drug-likeness (QED) is 0.735. The van der Waals surface area contributed by atoms with Crippen LogP contribution < -0.4 is 4.74 Å². The van der Waals surface area contributed by atoms with Gasteiger partial charge in [0.15, 0.2) is 6.10 Å². The first-order valence-corrected chi connectivity index (χ1v) is 12.0. The molecular weight excluding hydrogens is 400 g/mol. The van der Waals surface area contributed by atoms with Crippen molar-refractivity contribution in [3.8, 4) is 5.75 Å². The molecule has 160 valence electrons. The SMILES string of the molecule is C[C@H](Oc1ccc2c(c1)CCCC2)C(=O)N1CCN(S(=O)(=O)c2ccccc2)CC1. The lowest BCUT2D eigenvalue weighted by Gasteiger charge is -2.35. The summed E-state index contributed by atoms with van der Waals surface area (Å²) in [5, 5.41) is 0. The average Bonchev–Trinajstić information content (AvgIpc) is 2.79. The average molecular weight is 429 g/mol. The molecule has 0 N–H and O–H groups in total. The van der Waals surface area contributed by atoms with Crippen LogP contribution in [0, 0.1) is 0 Å². The van der Waals surface area contributed by atoms with E-state index in [4.69, 9.17) is 4.74 Å². The van der Waals surface area contributed by atoms with Crippen molar-refractivity contribution in [2.75, 3.05) is 26.2 Å². The molecule has 1 amide bonds. The molecule has 1 aliphatic carbocycles. The third kappa shape index (κ3) is 4.37. The lowest BCUT2D eigenvalue weighted by atomic mass is 9.92. The Labute approximate surface area is 178 Å². The number of nitrogens with zero attached hydrogens (tertiary/aromatic N) is 2. The predicted molar refractivity (Wildman–Crippen MR) is 115 cm³/mol.